The van der Waals surface area contributed by atoms with Crippen molar-refractivity contribution in [2.75, 3.05) is 4.90 Å². The van der Waals surface area contributed by atoms with Crippen molar-refractivity contribution >= 4 is 29.6 Å². The first-order valence-electron chi connectivity index (χ1n) is 11.9. The number of anilines is 3. The van der Waals surface area contributed by atoms with Gasteiger partial charge in [0.05, 0.1) is 16.8 Å². The zero-order chi connectivity index (χ0) is 24.5. The minimum Gasteiger partial charge on any atom is -0.310 e. The second kappa shape index (κ2) is 8.79. The zero-order valence-corrected chi connectivity index (χ0v) is 19.5. The van der Waals surface area contributed by atoms with Gasteiger partial charge in [-0.1, -0.05) is 78.9 Å². The standard InChI is InChI=1S/C33H23NO2/c35-22-24-16-18-31-29(20-24)33(26-10-4-1-5-11-26,27-12-6-2-7-13-27)30-21-25(23-36)17-19-32(30)34(31)28-14-8-3-9-15-28/h1-23H. The van der Waals surface area contributed by atoms with Crippen LogP contribution in [0.4, 0.5) is 17.1 Å². The number of carbonyl (C=O) groups is 2. The highest BCUT2D eigenvalue weighted by atomic mass is 16.1. The second-order valence-corrected chi connectivity index (χ2v) is 8.94. The highest BCUT2D eigenvalue weighted by Gasteiger charge is 2.46. The van der Waals surface area contributed by atoms with E-state index < -0.39 is 5.41 Å². The Morgan fingerprint density at radius 3 is 1.33 bits per heavy atom. The van der Waals surface area contributed by atoms with E-state index in [-0.39, 0.29) is 0 Å². The molecule has 0 aromatic heterocycles. The average molecular weight is 466 g/mol. The van der Waals surface area contributed by atoms with Gasteiger partial charge in [-0.15, -0.1) is 0 Å². The Kier molecular flexibility index (Phi) is 5.31. The number of nitrogens with zero attached hydrogens (tertiary/aromatic N) is 1. The SMILES string of the molecule is O=Cc1ccc2c(c1)C(c1ccccc1)(c1ccccc1)c1cc(C=O)ccc1N2c1ccccc1. The molecule has 0 saturated carbocycles. The number of para-hydroxylation sites is 1. The van der Waals surface area contributed by atoms with Crippen molar-refractivity contribution in [3.05, 3.63) is 161 Å². The number of aldehydes is 2. The molecule has 1 aliphatic heterocycles. The number of rotatable bonds is 5. The van der Waals surface area contributed by atoms with Crippen molar-refractivity contribution < 1.29 is 9.59 Å². The molecule has 3 heteroatoms. The fourth-order valence-electron chi connectivity index (χ4n) is 5.54. The van der Waals surface area contributed by atoms with E-state index in [1.165, 1.54) is 0 Å². The Balaban J connectivity index is 1.83. The summed E-state index contributed by atoms with van der Waals surface area (Å²) in [5, 5.41) is 0. The van der Waals surface area contributed by atoms with Crippen LogP contribution in [0.2, 0.25) is 0 Å². The lowest BCUT2D eigenvalue weighted by molar-refractivity contribution is 0.111. The maximum absolute atomic E-state index is 12.0. The van der Waals surface area contributed by atoms with E-state index in [0.717, 1.165) is 51.9 Å². The molecule has 0 saturated heterocycles. The third-order valence-electron chi connectivity index (χ3n) is 7.03. The quantitative estimate of drug-likeness (QED) is 0.248. The Morgan fingerprint density at radius 2 is 0.917 bits per heavy atom. The van der Waals surface area contributed by atoms with Gasteiger partial charge in [-0.3, -0.25) is 9.59 Å². The average Bonchev–Trinajstić information content (AvgIpc) is 2.96. The summed E-state index contributed by atoms with van der Waals surface area (Å²) < 4.78 is 0. The molecule has 1 aliphatic rings. The predicted octanol–water partition coefficient (Wildman–Crippen LogP) is 7.48. The molecule has 0 aliphatic carbocycles. The largest absolute Gasteiger partial charge is 0.310 e. The molecule has 36 heavy (non-hydrogen) atoms. The highest BCUT2D eigenvalue weighted by molar-refractivity contribution is 5.92. The summed E-state index contributed by atoms with van der Waals surface area (Å²) in [5.74, 6) is 0. The van der Waals surface area contributed by atoms with E-state index in [2.05, 4.69) is 41.3 Å². The Morgan fingerprint density at radius 1 is 0.500 bits per heavy atom. The molecular weight excluding hydrogens is 442 g/mol. The molecule has 3 nitrogen and oxygen atoms in total. The van der Waals surface area contributed by atoms with Gasteiger partial charge in [0.25, 0.3) is 0 Å². The monoisotopic (exact) mass is 465 g/mol. The van der Waals surface area contributed by atoms with Crippen molar-refractivity contribution in [2.24, 2.45) is 0 Å². The lowest BCUT2D eigenvalue weighted by Gasteiger charge is -2.46. The van der Waals surface area contributed by atoms with E-state index in [1.807, 2.05) is 91.0 Å². The van der Waals surface area contributed by atoms with Crippen LogP contribution in [0.15, 0.2) is 127 Å². The van der Waals surface area contributed by atoms with Crippen LogP contribution in [0, 0.1) is 0 Å². The lowest BCUT2D eigenvalue weighted by atomic mass is 9.62. The molecule has 0 spiro atoms. The van der Waals surface area contributed by atoms with E-state index >= 15 is 0 Å². The summed E-state index contributed by atoms with van der Waals surface area (Å²) in [6.07, 6.45) is 1.79. The lowest BCUT2D eigenvalue weighted by Crippen LogP contribution is -2.38. The van der Waals surface area contributed by atoms with Crippen molar-refractivity contribution in [3.8, 4) is 0 Å². The molecule has 1 heterocycles. The molecule has 0 amide bonds. The van der Waals surface area contributed by atoms with Gasteiger partial charge in [-0.25, -0.2) is 0 Å². The third kappa shape index (κ3) is 3.21. The van der Waals surface area contributed by atoms with Crippen LogP contribution in [0.5, 0.6) is 0 Å². The number of hydrogen-bond acceptors (Lipinski definition) is 3. The van der Waals surface area contributed by atoms with Gasteiger partial charge < -0.3 is 4.90 Å². The van der Waals surface area contributed by atoms with E-state index in [0.29, 0.717) is 11.1 Å². The highest BCUT2D eigenvalue weighted by Crippen LogP contribution is 2.57. The topological polar surface area (TPSA) is 37.4 Å². The first kappa shape index (κ1) is 21.8. The van der Waals surface area contributed by atoms with Gasteiger partial charge >= 0.3 is 0 Å². The normalized spacial score (nSPS) is 13.4. The van der Waals surface area contributed by atoms with E-state index in [4.69, 9.17) is 0 Å². The van der Waals surface area contributed by atoms with Crippen LogP contribution in [0.3, 0.4) is 0 Å². The maximum atomic E-state index is 12.0. The zero-order valence-electron chi connectivity index (χ0n) is 19.5. The van der Waals surface area contributed by atoms with Gasteiger partial charge in [0.1, 0.15) is 12.6 Å². The summed E-state index contributed by atoms with van der Waals surface area (Å²) in [5.41, 5.74) is 7.57. The number of hydrogen-bond donors (Lipinski definition) is 0. The third-order valence-corrected chi connectivity index (χ3v) is 7.03. The minimum absolute atomic E-state index is 0.605. The summed E-state index contributed by atoms with van der Waals surface area (Å²) in [7, 11) is 0. The summed E-state index contributed by atoms with van der Waals surface area (Å²) in [4.78, 5) is 26.2. The molecule has 0 atom stereocenters. The molecule has 0 N–H and O–H groups in total. The van der Waals surface area contributed by atoms with Crippen LogP contribution >= 0.6 is 0 Å². The van der Waals surface area contributed by atoms with Gasteiger partial charge in [0.2, 0.25) is 0 Å². The molecule has 6 rings (SSSR count). The van der Waals surface area contributed by atoms with Gasteiger partial charge in [0.15, 0.2) is 0 Å². The predicted molar refractivity (Wildman–Crippen MR) is 144 cm³/mol. The van der Waals surface area contributed by atoms with Crippen LogP contribution < -0.4 is 4.90 Å². The molecule has 5 aromatic rings. The van der Waals surface area contributed by atoms with E-state index in [9.17, 15) is 9.59 Å². The molecular formula is C33H23NO2. The second-order valence-electron chi connectivity index (χ2n) is 8.94. The van der Waals surface area contributed by atoms with Crippen molar-refractivity contribution in [1.29, 1.82) is 0 Å². The molecule has 0 fully saturated rings. The summed E-state index contributed by atoms with van der Waals surface area (Å²) >= 11 is 0. The Hall–Kier alpha value is -4.76. The maximum Gasteiger partial charge on any atom is 0.150 e. The minimum atomic E-state index is -0.740. The number of fused-ring (bicyclic) bond motifs is 2. The number of carbonyl (C=O) groups excluding carboxylic acids is 2. The molecule has 0 bridgehead atoms. The molecule has 172 valence electrons. The smallest absolute Gasteiger partial charge is 0.150 e. The van der Waals surface area contributed by atoms with E-state index in [1.54, 1.807) is 0 Å². The fraction of sp³-hybridized carbons (Fsp3) is 0.0303. The van der Waals surface area contributed by atoms with Crippen molar-refractivity contribution in [1.82, 2.24) is 0 Å². The van der Waals surface area contributed by atoms with Crippen LogP contribution in [0.1, 0.15) is 43.0 Å². The first-order chi connectivity index (χ1) is 17.8. The Labute approximate surface area is 210 Å². The van der Waals surface area contributed by atoms with Gasteiger partial charge in [-0.2, -0.15) is 0 Å². The van der Waals surface area contributed by atoms with Crippen LogP contribution in [-0.2, 0) is 5.41 Å². The molecule has 0 unspecified atom stereocenters. The Bertz CT molecular complexity index is 1460. The van der Waals surface area contributed by atoms with Crippen molar-refractivity contribution in [2.45, 2.75) is 5.41 Å². The number of benzene rings is 5. The summed E-state index contributed by atoms with van der Waals surface area (Å²) in [6.45, 7) is 0. The molecule has 0 radical (unpaired) electrons. The van der Waals surface area contributed by atoms with Crippen LogP contribution in [0.25, 0.3) is 0 Å². The van der Waals surface area contributed by atoms with Gasteiger partial charge in [0, 0.05) is 16.8 Å². The first-order valence-corrected chi connectivity index (χ1v) is 11.9. The molecule has 5 aromatic carbocycles. The van der Waals surface area contributed by atoms with Crippen molar-refractivity contribution in [3.63, 3.8) is 0 Å². The van der Waals surface area contributed by atoms with Crippen LogP contribution in [-0.4, -0.2) is 12.6 Å². The fourth-order valence-corrected chi connectivity index (χ4v) is 5.54. The van der Waals surface area contributed by atoms with Gasteiger partial charge in [-0.05, 0) is 70.8 Å². The summed E-state index contributed by atoms with van der Waals surface area (Å²) in [6, 6.07) is 42.6.